The molecule has 3 nitrogen and oxygen atoms in total. The van der Waals surface area contributed by atoms with Gasteiger partial charge in [-0.2, -0.15) is 5.10 Å². The Kier molecular flexibility index (Phi) is 3.09. The molecule has 0 saturated carbocycles. The van der Waals surface area contributed by atoms with Crippen molar-refractivity contribution in [3.8, 4) is 10.6 Å². The number of nitrogens with one attached hydrogen (secondary N) is 1. The second-order valence-electron chi connectivity index (χ2n) is 3.67. The number of hydrogen-bond donors (Lipinski definition) is 1. The highest BCUT2D eigenvalue weighted by molar-refractivity contribution is 9.11. The summed E-state index contributed by atoms with van der Waals surface area (Å²) >= 11 is 8.53. The van der Waals surface area contributed by atoms with Crippen LogP contribution in [0.25, 0.3) is 21.3 Å². The van der Waals surface area contributed by atoms with E-state index in [1.807, 2.05) is 24.3 Å². The summed E-state index contributed by atoms with van der Waals surface area (Å²) in [6, 6.07) is 9.44. The van der Waals surface area contributed by atoms with Crippen LogP contribution >= 0.6 is 43.2 Å². The largest absolute Gasteiger partial charge is 0.272 e. The molecule has 0 unspecified atom stereocenters. The van der Waals surface area contributed by atoms with Gasteiger partial charge >= 0.3 is 0 Å². The predicted molar refractivity (Wildman–Crippen MR) is 81.1 cm³/mol. The minimum Gasteiger partial charge on any atom is -0.267 e. The lowest BCUT2D eigenvalue weighted by molar-refractivity contribution is 1.02. The van der Waals surface area contributed by atoms with E-state index in [1.165, 1.54) is 0 Å². The van der Waals surface area contributed by atoms with Gasteiger partial charge in [-0.05, 0) is 44.0 Å². The summed E-state index contributed by atoms with van der Waals surface area (Å²) in [7, 11) is 0. The van der Waals surface area contributed by atoms with E-state index in [1.54, 1.807) is 17.4 Å². The molecular formula is C12H6Br2N2OS. The number of rotatable bonds is 1. The molecule has 2 heterocycles. The topological polar surface area (TPSA) is 45.8 Å². The molecule has 18 heavy (non-hydrogen) atoms. The van der Waals surface area contributed by atoms with Gasteiger partial charge in [-0.3, -0.25) is 4.79 Å². The number of hydrogen-bond acceptors (Lipinski definition) is 3. The van der Waals surface area contributed by atoms with Gasteiger partial charge in [0.25, 0.3) is 5.56 Å². The van der Waals surface area contributed by atoms with E-state index in [4.69, 9.17) is 0 Å². The molecule has 0 atom stereocenters. The lowest BCUT2D eigenvalue weighted by Crippen LogP contribution is -2.08. The van der Waals surface area contributed by atoms with Crippen LogP contribution in [0.2, 0.25) is 0 Å². The van der Waals surface area contributed by atoms with Crippen molar-refractivity contribution in [1.82, 2.24) is 10.2 Å². The standard InChI is InChI=1S/C12H6Br2N2OS/c13-8-5-9(14)18-11(8)10-6-3-1-2-4-7(6)12(17)16-15-10/h1-5H,(H,16,17). The van der Waals surface area contributed by atoms with Crippen molar-refractivity contribution in [1.29, 1.82) is 0 Å². The first-order chi connectivity index (χ1) is 8.66. The van der Waals surface area contributed by atoms with Gasteiger partial charge in [0, 0.05) is 9.86 Å². The second-order valence-corrected chi connectivity index (χ2v) is 6.96. The molecule has 6 heteroatoms. The van der Waals surface area contributed by atoms with Crippen LogP contribution in [-0.2, 0) is 0 Å². The van der Waals surface area contributed by atoms with Gasteiger partial charge in [0.2, 0.25) is 0 Å². The third kappa shape index (κ3) is 1.94. The summed E-state index contributed by atoms with van der Waals surface area (Å²) in [6.07, 6.45) is 0. The molecule has 1 aromatic carbocycles. The number of H-pyrrole nitrogens is 1. The van der Waals surface area contributed by atoms with Crippen LogP contribution in [0, 0.1) is 0 Å². The average Bonchev–Trinajstić information content (AvgIpc) is 2.69. The number of nitrogens with zero attached hydrogens (tertiary/aromatic N) is 1. The maximum absolute atomic E-state index is 11.7. The number of fused-ring (bicyclic) bond motifs is 1. The van der Waals surface area contributed by atoms with Crippen LogP contribution in [0.3, 0.4) is 0 Å². The molecule has 2 aromatic heterocycles. The van der Waals surface area contributed by atoms with E-state index >= 15 is 0 Å². The maximum Gasteiger partial charge on any atom is 0.272 e. The van der Waals surface area contributed by atoms with Crippen LogP contribution in [-0.4, -0.2) is 10.2 Å². The molecular weight excluding hydrogens is 380 g/mol. The van der Waals surface area contributed by atoms with Crippen molar-refractivity contribution in [2.75, 3.05) is 0 Å². The predicted octanol–water partition coefficient (Wildman–Crippen LogP) is 4.18. The zero-order valence-corrected chi connectivity index (χ0v) is 12.9. The Hall–Kier alpha value is -0.980. The zero-order valence-electron chi connectivity index (χ0n) is 8.91. The Morgan fingerprint density at radius 1 is 1.17 bits per heavy atom. The number of thiophene rings is 1. The highest BCUT2D eigenvalue weighted by atomic mass is 79.9. The summed E-state index contributed by atoms with van der Waals surface area (Å²) in [5, 5.41) is 8.23. The normalized spacial score (nSPS) is 11.0. The monoisotopic (exact) mass is 384 g/mol. The number of aromatic nitrogens is 2. The minimum absolute atomic E-state index is 0.166. The summed E-state index contributed by atoms with van der Waals surface area (Å²) in [6.45, 7) is 0. The smallest absolute Gasteiger partial charge is 0.267 e. The van der Waals surface area contributed by atoms with E-state index < -0.39 is 0 Å². The average molecular weight is 386 g/mol. The fourth-order valence-corrected chi connectivity index (χ4v) is 4.40. The highest BCUT2D eigenvalue weighted by Crippen LogP contribution is 2.39. The van der Waals surface area contributed by atoms with Crippen molar-refractivity contribution < 1.29 is 0 Å². The van der Waals surface area contributed by atoms with E-state index in [9.17, 15) is 4.79 Å². The SMILES string of the molecule is O=c1[nH]nc(-c2sc(Br)cc2Br)c2ccccc12. The fourth-order valence-electron chi connectivity index (χ4n) is 1.79. The maximum atomic E-state index is 11.7. The third-order valence-corrected chi connectivity index (χ3v) is 5.10. The molecule has 0 spiro atoms. The van der Waals surface area contributed by atoms with E-state index in [2.05, 4.69) is 42.1 Å². The molecule has 90 valence electrons. The van der Waals surface area contributed by atoms with E-state index in [-0.39, 0.29) is 5.56 Å². The summed E-state index contributed by atoms with van der Waals surface area (Å²) in [5.74, 6) is 0. The Morgan fingerprint density at radius 3 is 2.56 bits per heavy atom. The molecule has 0 fully saturated rings. The first kappa shape index (κ1) is 12.1. The van der Waals surface area contributed by atoms with Crippen LogP contribution in [0.4, 0.5) is 0 Å². The molecule has 1 N–H and O–H groups in total. The molecule has 0 aliphatic carbocycles. The Morgan fingerprint density at radius 2 is 1.89 bits per heavy atom. The van der Waals surface area contributed by atoms with E-state index in [0.717, 1.165) is 24.2 Å². The van der Waals surface area contributed by atoms with Crippen molar-refractivity contribution in [3.63, 3.8) is 0 Å². The van der Waals surface area contributed by atoms with Crippen molar-refractivity contribution in [2.24, 2.45) is 0 Å². The van der Waals surface area contributed by atoms with E-state index in [0.29, 0.717) is 5.39 Å². The van der Waals surface area contributed by atoms with Crippen molar-refractivity contribution >= 4 is 54.0 Å². The molecule has 0 aliphatic rings. The molecule has 0 bridgehead atoms. The van der Waals surface area contributed by atoms with Gasteiger partial charge in [-0.25, -0.2) is 5.10 Å². The highest BCUT2D eigenvalue weighted by Gasteiger charge is 2.13. The Balaban J connectivity index is 2.40. The van der Waals surface area contributed by atoms with Gasteiger partial charge in [-0.1, -0.05) is 18.2 Å². The third-order valence-electron chi connectivity index (χ3n) is 2.57. The van der Waals surface area contributed by atoms with Gasteiger partial charge in [0.1, 0.15) is 5.69 Å². The molecule has 3 rings (SSSR count). The summed E-state index contributed by atoms with van der Waals surface area (Å²) in [5.41, 5.74) is 0.619. The van der Waals surface area contributed by atoms with Gasteiger partial charge in [0.15, 0.2) is 0 Å². The number of aromatic amines is 1. The Labute approximate surface area is 123 Å². The second kappa shape index (κ2) is 4.60. The minimum atomic E-state index is -0.166. The van der Waals surface area contributed by atoms with Crippen molar-refractivity contribution in [2.45, 2.75) is 0 Å². The summed E-state index contributed by atoms with van der Waals surface area (Å²) in [4.78, 5) is 12.7. The van der Waals surface area contributed by atoms with Crippen LogP contribution in [0.1, 0.15) is 0 Å². The van der Waals surface area contributed by atoms with Crippen LogP contribution in [0.15, 0.2) is 43.4 Å². The van der Waals surface area contributed by atoms with Crippen LogP contribution < -0.4 is 5.56 Å². The molecule has 3 aromatic rings. The fraction of sp³-hybridized carbons (Fsp3) is 0. The van der Waals surface area contributed by atoms with Crippen molar-refractivity contribution in [3.05, 3.63) is 48.9 Å². The zero-order chi connectivity index (χ0) is 12.7. The van der Waals surface area contributed by atoms with Gasteiger partial charge in [-0.15, -0.1) is 11.3 Å². The van der Waals surface area contributed by atoms with Crippen LogP contribution in [0.5, 0.6) is 0 Å². The lowest BCUT2D eigenvalue weighted by Gasteiger charge is -2.02. The molecule has 0 radical (unpaired) electrons. The lowest BCUT2D eigenvalue weighted by atomic mass is 10.1. The number of halogens is 2. The quantitative estimate of drug-likeness (QED) is 0.683. The first-order valence-corrected chi connectivity index (χ1v) is 7.49. The molecule has 0 amide bonds. The molecule has 0 aliphatic heterocycles. The van der Waals surface area contributed by atoms with Gasteiger partial charge in [0.05, 0.1) is 14.0 Å². The van der Waals surface area contributed by atoms with Gasteiger partial charge < -0.3 is 0 Å². The first-order valence-electron chi connectivity index (χ1n) is 5.09. The summed E-state index contributed by atoms with van der Waals surface area (Å²) < 4.78 is 1.98. The Bertz CT molecular complexity index is 794. The molecule has 0 saturated heterocycles. The number of benzene rings is 1.